The van der Waals surface area contributed by atoms with E-state index in [4.69, 9.17) is 21.1 Å². The number of halogens is 1. The standard InChI is InChI=1S/C24H29ClN4O4/c1-4-26-24(31)28(13-14-32-2)16-23(30)29-21(18-10-6-8-12-22(18)33-3)15-20(27-29)17-9-5-7-11-19(17)25/h5-12,21H,4,13-16H2,1-3H3,(H,26,31). The third-order valence-electron chi connectivity index (χ3n) is 5.36. The Morgan fingerprint density at radius 2 is 1.91 bits per heavy atom. The second kappa shape index (κ2) is 11.7. The molecule has 176 valence electrons. The maximum atomic E-state index is 13.5. The molecule has 0 radical (unpaired) electrons. The van der Waals surface area contributed by atoms with E-state index in [0.717, 1.165) is 11.1 Å². The zero-order valence-corrected chi connectivity index (χ0v) is 19.8. The fourth-order valence-electron chi connectivity index (χ4n) is 3.73. The molecule has 0 fully saturated rings. The van der Waals surface area contributed by atoms with Crippen LogP contribution in [0.2, 0.25) is 5.02 Å². The number of hydrazone groups is 1. The van der Waals surface area contributed by atoms with Crippen LogP contribution in [-0.2, 0) is 9.53 Å². The summed E-state index contributed by atoms with van der Waals surface area (Å²) in [4.78, 5) is 27.4. The summed E-state index contributed by atoms with van der Waals surface area (Å²) in [5.74, 6) is 0.353. The first-order valence-electron chi connectivity index (χ1n) is 10.8. The number of carbonyl (C=O) groups is 2. The Bertz CT molecular complexity index is 1010. The minimum atomic E-state index is -0.390. The van der Waals surface area contributed by atoms with Gasteiger partial charge in [0.25, 0.3) is 5.91 Å². The van der Waals surface area contributed by atoms with Gasteiger partial charge in [0.05, 0.1) is 25.5 Å². The van der Waals surface area contributed by atoms with Crippen LogP contribution >= 0.6 is 11.6 Å². The Labute approximate surface area is 199 Å². The largest absolute Gasteiger partial charge is 0.496 e. The molecule has 2 aromatic rings. The highest BCUT2D eigenvalue weighted by atomic mass is 35.5. The van der Waals surface area contributed by atoms with Crippen molar-refractivity contribution in [3.63, 3.8) is 0 Å². The van der Waals surface area contributed by atoms with Crippen molar-refractivity contribution in [1.29, 1.82) is 0 Å². The van der Waals surface area contributed by atoms with Crippen LogP contribution in [0.25, 0.3) is 0 Å². The average Bonchev–Trinajstić information content (AvgIpc) is 3.27. The number of benzene rings is 2. The van der Waals surface area contributed by atoms with Gasteiger partial charge in [0, 0.05) is 42.8 Å². The molecule has 1 heterocycles. The van der Waals surface area contributed by atoms with E-state index in [1.54, 1.807) is 20.3 Å². The predicted molar refractivity (Wildman–Crippen MR) is 128 cm³/mol. The van der Waals surface area contributed by atoms with Crippen molar-refractivity contribution in [1.82, 2.24) is 15.2 Å². The maximum absolute atomic E-state index is 13.5. The summed E-state index contributed by atoms with van der Waals surface area (Å²) in [5, 5.41) is 9.41. The van der Waals surface area contributed by atoms with Gasteiger partial charge >= 0.3 is 6.03 Å². The third-order valence-corrected chi connectivity index (χ3v) is 5.68. The van der Waals surface area contributed by atoms with Crippen molar-refractivity contribution in [2.75, 3.05) is 40.5 Å². The number of carbonyl (C=O) groups excluding carboxylic acids is 2. The van der Waals surface area contributed by atoms with Crippen LogP contribution < -0.4 is 10.1 Å². The molecule has 8 nitrogen and oxygen atoms in total. The number of nitrogens with one attached hydrogen (secondary N) is 1. The van der Waals surface area contributed by atoms with Crippen LogP contribution in [-0.4, -0.2) is 68.0 Å². The molecule has 33 heavy (non-hydrogen) atoms. The van der Waals surface area contributed by atoms with Gasteiger partial charge in [0.15, 0.2) is 0 Å². The first-order chi connectivity index (χ1) is 16.0. The summed E-state index contributed by atoms with van der Waals surface area (Å²) in [6.07, 6.45) is 0.467. The molecule has 9 heteroatoms. The highest BCUT2D eigenvalue weighted by molar-refractivity contribution is 6.34. The van der Waals surface area contributed by atoms with Crippen molar-refractivity contribution in [2.45, 2.75) is 19.4 Å². The lowest BCUT2D eigenvalue weighted by Crippen LogP contribution is -2.47. The third kappa shape index (κ3) is 5.83. The summed E-state index contributed by atoms with van der Waals surface area (Å²) in [5.41, 5.74) is 2.31. The molecule has 3 amide bonds. The van der Waals surface area contributed by atoms with E-state index >= 15 is 0 Å². The first-order valence-corrected chi connectivity index (χ1v) is 11.2. The zero-order chi connectivity index (χ0) is 23.8. The molecule has 1 atom stereocenters. The van der Waals surface area contributed by atoms with Crippen molar-refractivity contribution < 1.29 is 19.1 Å². The number of ether oxygens (including phenoxy) is 2. The number of para-hydroxylation sites is 1. The van der Waals surface area contributed by atoms with E-state index in [1.165, 1.54) is 9.91 Å². The molecule has 0 spiro atoms. The highest BCUT2D eigenvalue weighted by Crippen LogP contribution is 2.38. The summed E-state index contributed by atoms with van der Waals surface area (Å²) in [7, 11) is 3.15. The molecule has 0 aliphatic carbocycles. The lowest BCUT2D eigenvalue weighted by molar-refractivity contribution is -0.133. The second-order valence-corrected chi connectivity index (χ2v) is 7.88. The molecule has 1 unspecified atom stereocenters. The van der Waals surface area contributed by atoms with Gasteiger partial charge in [0.2, 0.25) is 0 Å². The monoisotopic (exact) mass is 472 g/mol. The Balaban J connectivity index is 1.94. The molecular weight excluding hydrogens is 444 g/mol. The van der Waals surface area contributed by atoms with E-state index in [-0.39, 0.29) is 25.0 Å². The minimum Gasteiger partial charge on any atom is -0.496 e. The molecule has 3 rings (SSSR count). The van der Waals surface area contributed by atoms with E-state index in [9.17, 15) is 9.59 Å². The molecule has 2 aromatic carbocycles. The Kier molecular flexibility index (Phi) is 8.68. The summed E-state index contributed by atoms with van der Waals surface area (Å²) in [6.45, 7) is 2.74. The number of nitrogens with zero attached hydrogens (tertiary/aromatic N) is 3. The Hall–Kier alpha value is -3.10. The van der Waals surface area contributed by atoms with Gasteiger partial charge in [-0.25, -0.2) is 9.80 Å². The summed E-state index contributed by atoms with van der Waals surface area (Å²) < 4.78 is 10.7. The van der Waals surface area contributed by atoms with Crippen LogP contribution in [0.3, 0.4) is 0 Å². The lowest BCUT2D eigenvalue weighted by atomic mass is 9.97. The topological polar surface area (TPSA) is 83.5 Å². The van der Waals surface area contributed by atoms with Gasteiger partial charge in [-0.3, -0.25) is 4.79 Å². The molecule has 1 N–H and O–H groups in total. The fraction of sp³-hybridized carbons (Fsp3) is 0.375. The van der Waals surface area contributed by atoms with Crippen LogP contribution in [0, 0.1) is 0 Å². The molecule has 1 aliphatic rings. The van der Waals surface area contributed by atoms with E-state index in [2.05, 4.69) is 10.4 Å². The Morgan fingerprint density at radius 1 is 1.18 bits per heavy atom. The van der Waals surface area contributed by atoms with Gasteiger partial charge in [-0.15, -0.1) is 0 Å². The number of hydrogen-bond acceptors (Lipinski definition) is 5. The van der Waals surface area contributed by atoms with E-state index in [1.807, 2.05) is 49.4 Å². The minimum absolute atomic E-state index is 0.139. The van der Waals surface area contributed by atoms with Gasteiger partial charge in [-0.2, -0.15) is 5.10 Å². The number of amides is 3. The second-order valence-electron chi connectivity index (χ2n) is 7.48. The number of rotatable bonds is 9. The van der Waals surface area contributed by atoms with Crippen LogP contribution in [0.5, 0.6) is 5.75 Å². The van der Waals surface area contributed by atoms with Crippen molar-refractivity contribution >= 4 is 29.3 Å². The zero-order valence-electron chi connectivity index (χ0n) is 19.1. The molecular formula is C24H29ClN4O4. The maximum Gasteiger partial charge on any atom is 0.317 e. The van der Waals surface area contributed by atoms with Gasteiger partial charge in [0.1, 0.15) is 12.3 Å². The summed E-state index contributed by atoms with van der Waals surface area (Å²) >= 11 is 6.42. The molecule has 0 saturated heterocycles. The van der Waals surface area contributed by atoms with Gasteiger partial charge < -0.3 is 19.7 Å². The predicted octanol–water partition coefficient (Wildman–Crippen LogP) is 3.70. The van der Waals surface area contributed by atoms with E-state index in [0.29, 0.717) is 36.1 Å². The van der Waals surface area contributed by atoms with Crippen molar-refractivity contribution in [3.8, 4) is 5.75 Å². The van der Waals surface area contributed by atoms with Crippen LogP contribution in [0.1, 0.15) is 30.5 Å². The Morgan fingerprint density at radius 3 is 2.61 bits per heavy atom. The normalized spacial score (nSPS) is 15.2. The molecule has 0 saturated carbocycles. The van der Waals surface area contributed by atoms with Gasteiger partial charge in [-0.1, -0.05) is 48.0 Å². The average molecular weight is 473 g/mol. The summed E-state index contributed by atoms with van der Waals surface area (Å²) in [6, 6.07) is 14.2. The quantitative estimate of drug-likeness (QED) is 0.603. The molecule has 0 aromatic heterocycles. The van der Waals surface area contributed by atoms with Gasteiger partial charge in [-0.05, 0) is 19.1 Å². The number of urea groups is 1. The lowest BCUT2D eigenvalue weighted by Gasteiger charge is -2.27. The fourth-order valence-corrected chi connectivity index (χ4v) is 3.98. The van der Waals surface area contributed by atoms with Crippen molar-refractivity contribution in [2.24, 2.45) is 5.10 Å². The SMILES string of the molecule is CCNC(=O)N(CCOC)CC(=O)N1N=C(c2ccccc2Cl)CC1c1ccccc1OC. The van der Waals surface area contributed by atoms with Crippen LogP contribution in [0.15, 0.2) is 53.6 Å². The van der Waals surface area contributed by atoms with Crippen LogP contribution in [0.4, 0.5) is 4.79 Å². The highest BCUT2D eigenvalue weighted by Gasteiger charge is 2.36. The van der Waals surface area contributed by atoms with Crippen molar-refractivity contribution in [3.05, 3.63) is 64.7 Å². The smallest absolute Gasteiger partial charge is 0.317 e. The first kappa shape index (κ1) is 24.5. The molecule has 0 bridgehead atoms. The van der Waals surface area contributed by atoms with E-state index < -0.39 is 6.04 Å². The number of hydrogen-bond donors (Lipinski definition) is 1. The number of methoxy groups -OCH3 is 2. The molecule has 1 aliphatic heterocycles.